The highest BCUT2D eigenvalue weighted by atomic mass is 15.4. The van der Waals surface area contributed by atoms with Crippen molar-refractivity contribution in [1.29, 1.82) is 0 Å². The van der Waals surface area contributed by atoms with E-state index in [-0.39, 0.29) is 0 Å². The molecule has 0 radical (unpaired) electrons. The summed E-state index contributed by atoms with van der Waals surface area (Å²) in [5.74, 6) is 6.18. The van der Waals surface area contributed by atoms with Crippen molar-refractivity contribution in [2.45, 2.75) is 0 Å². The third-order valence-electron chi connectivity index (χ3n) is 1.51. The molecule has 5 heteroatoms. The van der Waals surface area contributed by atoms with E-state index in [0.29, 0.717) is 5.82 Å². The Kier molecular flexibility index (Phi) is 1.48. The molecule has 2 heterocycles. The first-order valence-electron chi connectivity index (χ1n) is 3.43. The van der Waals surface area contributed by atoms with Crippen LogP contribution in [0.25, 0.3) is 11.4 Å². The Labute approximate surface area is 68.8 Å². The molecule has 60 valence electrons. The van der Waals surface area contributed by atoms with Gasteiger partial charge in [-0.05, 0) is 12.1 Å². The summed E-state index contributed by atoms with van der Waals surface area (Å²) in [5.41, 5.74) is 0.907. The Balaban J connectivity index is 2.51. The van der Waals surface area contributed by atoms with Crippen LogP contribution >= 0.6 is 0 Å². The van der Waals surface area contributed by atoms with Crippen LogP contribution in [0.5, 0.6) is 0 Å². The van der Waals surface area contributed by atoms with E-state index in [1.165, 1.54) is 11.0 Å². The molecule has 0 aromatic carbocycles. The minimum absolute atomic E-state index is 0.636. The van der Waals surface area contributed by atoms with Gasteiger partial charge in [-0.25, -0.2) is 4.68 Å². The summed E-state index contributed by atoms with van der Waals surface area (Å²) >= 11 is 0. The molecule has 5 nitrogen and oxygen atoms in total. The third-order valence-corrected chi connectivity index (χ3v) is 1.51. The molecule has 2 aromatic rings. The minimum Gasteiger partial charge on any atom is -0.336 e. The van der Waals surface area contributed by atoms with Crippen LogP contribution in [0.1, 0.15) is 0 Å². The molecule has 2 aromatic heterocycles. The van der Waals surface area contributed by atoms with Gasteiger partial charge in [-0.2, -0.15) is 0 Å². The molecule has 2 rings (SSSR count). The molecule has 0 saturated carbocycles. The van der Waals surface area contributed by atoms with Gasteiger partial charge in [-0.1, -0.05) is 0 Å². The first kappa shape index (κ1) is 6.78. The zero-order valence-corrected chi connectivity index (χ0v) is 6.25. The molecular formula is C7H7N5. The minimum atomic E-state index is 0.636. The highest BCUT2D eigenvalue weighted by Gasteiger charge is 2.02. The Morgan fingerprint density at radius 3 is 2.58 bits per heavy atom. The maximum atomic E-state index is 5.54. The van der Waals surface area contributed by atoms with E-state index in [4.69, 9.17) is 5.84 Å². The molecular weight excluding hydrogens is 154 g/mol. The molecule has 0 aliphatic carbocycles. The second kappa shape index (κ2) is 2.61. The normalized spacial score (nSPS) is 10.0. The van der Waals surface area contributed by atoms with Gasteiger partial charge in [-0.3, -0.25) is 4.98 Å². The van der Waals surface area contributed by atoms with Crippen molar-refractivity contribution >= 4 is 0 Å². The monoisotopic (exact) mass is 161 g/mol. The first-order chi connectivity index (χ1) is 5.88. The van der Waals surface area contributed by atoms with Crippen molar-refractivity contribution < 1.29 is 0 Å². The third kappa shape index (κ3) is 1.01. The Morgan fingerprint density at radius 1 is 1.25 bits per heavy atom. The van der Waals surface area contributed by atoms with Crippen LogP contribution in [-0.2, 0) is 0 Å². The predicted octanol–water partition coefficient (Wildman–Crippen LogP) is 0.0539. The van der Waals surface area contributed by atoms with Crippen LogP contribution in [0.3, 0.4) is 0 Å². The van der Waals surface area contributed by atoms with Crippen molar-refractivity contribution in [2.24, 2.45) is 0 Å². The van der Waals surface area contributed by atoms with Crippen molar-refractivity contribution in [1.82, 2.24) is 19.9 Å². The summed E-state index contributed by atoms with van der Waals surface area (Å²) in [5, 5.41) is 7.51. The second-order valence-corrected chi connectivity index (χ2v) is 2.30. The summed E-state index contributed by atoms with van der Waals surface area (Å²) in [7, 11) is 0. The molecule has 0 spiro atoms. The number of nitrogens with zero attached hydrogens (tertiary/aromatic N) is 4. The van der Waals surface area contributed by atoms with Gasteiger partial charge in [0, 0.05) is 18.0 Å². The average Bonchev–Trinajstić information content (AvgIpc) is 2.53. The molecule has 12 heavy (non-hydrogen) atoms. The second-order valence-electron chi connectivity index (χ2n) is 2.30. The molecule has 0 aliphatic heterocycles. The van der Waals surface area contributed by atoms with Crippen molar-refractivity contribution in [3.63, 3.8) is 0 Å². The lowest BCUT2D eigenvalue weighted by atomic mass is 10.2. The molecule has 0 atom stereocenters. The summed E-state index contributed by atoms with van der Waals surface area (Å²) in [4.78, 5) is 3.89. The topological polar surface area (TPSA) is 69.6 Å². The number of nitrogen functional groups attached to an aromatic ring is 1. The number of nitrogens with two attached hydrogens (primary N) is 1. The quantitative estimate of drug-likeness (QED) is 0.600. The van der Waals surface area contributed by atoms with Gasteiger partial charge in [0.25, 0.3) is 0 Å². The summed E-state index contributed by atoms with van der Waals surface area (Å²) < 4.78 is 1.37. The predicted molar refractivity (Wildman–Crippen MR) is 43.4 cm³/mol. The lowest BCUT2D eigenvalue weighted by molar-refractivity contribution is 1.01. The fourth-order valence-electron chi connectivity index (χ4n) is 0.950. The fourth-order valence-corrected chi connectivity index (χ4v) is 0.950. The average molecular weight is 161 g/mol. The largest absolute Gasteiger partial charge is 0.336 e. The number of hydrogen-bond acceptors (Lipinski definition) is 4. The maximum Gasteiger partial charge on any atom is 0.182 e. The van der Waals surface area contributed by atoms with Crippen LogP contribution in [0, 0.1) is 0 Å². The fraction of sp³-hybridized carbons (Fsp3) is 0. The number of hydrogen-bond donors (Lipinski definition) is 1. The summed E-state index contributed by atoms with van der Waals surface area (Å²) in [6.07, 6.45) is 4.82. The molecule has 2 N–H and O–H groups in total. The molecule has 0 fully saturated rings. The van der Waals surface area contributed by atoms with Gasteiger partial charge in [0.2, 0.25) is 0 Å². The molecule has 0 amide bonds. The van der Waals surface area contributed by atoms with Crippen LogP contribution in [0.2, 0.25) is 0 Å². The Bertz CT molecular complexity index is 366. The standard InChI is InChI=1S/C7H7N5/c8-12-5-10-11-7(12)6-1-3-9-4-2-6/h1-5H,8H2. The van der Waals surface area contributed by atoms with Gasteiger partial charge in [-0.15, -0.1) is 10.2 Å². The van der Waals surface area contributed by atoms with E-state index in [0.717, 1.165) is 5.56 Å². The van der Waals surface area contributed by atoms with E-state index >= 15 is 0 Å². The first-order valence-corrected chi connectivity index (χ1v) is 3.43. The zero-order valence-electron chi connectivity index (χ0n) is 6.25. The molecule has 0 saturated heterocycles. The molecule has 0 unspecified atom stereocenters. The molecule has 0 bridgehead atoms. The molecule has 0 aliphatic rings. The van der Waals surface area contributed by atoms with Gasteiger partial charge in [0.15, 0.2) is 5.82 Å². The number of rotatable bonds is 1. The lowest BCUT2D eigenvalue weighted by Gasteiger charge is -1.97. The van der Waals surface area contributed by atoms with E-state index in [1.807, 2.05) is 12.1 Å². The lowest BCUT2D eigenvalue weighted by Crippen LogP contribution is -2.08. The van der Waals surface area contributed by atoms with E-state index in [2.05, 4.69) is 15.2 Å². The van der Waals surface area contributed by atoms with Gasteiger partial charge in [0.1, 0.15) is 6.33 Å². The van der Waals surface area contributed by atoms with Gasteiger partial charge >= 0.3 is 0 Å². The Hall–Kier alpha value is -1.91. The zero-order chi connectivity index (χ0) is 8.39. The highest BCUT2D eigenvalue weighted by Crippen LogP contribution is 2.11. The highest BCUT2D eigenvalue weighted by molar-refractivity contribution is 5.53. The van der Waals surface area contributed by atoms with E-state index in [9.17, 15) is 0 Å². The smallest absolute Gasteiger partial charge is 0.182 e. The SMILES string of the molecule is Nn1cnnc1-c1ccncc1. The van der Waals surface area contributed by atoms with Crippen LogP contribution in [0.15, 0.2) is 30.9 Å². The van der Waals surface area contributed by atoms with Crippen molar-refractivity contribution in [3.8, 4) is 11.4 Å². The van der Waals surface area contributed by atoms with Crippen LogP contribution in [-0.4, -0.2) is 19.9 Å². The van der Waals surface area contributed by atoms with E-state index < -0.39 is 0 Å². The van der Waals surface area contributed by atoms with Crippen LogP contribution in [0.4, 0.5) is 0 Å². The summed E-state index contributed by atoms with van der Waals surface area (Å²) in [6, 6.07) is 3.65. The van der Waals surface area contributed by atoms with Crippen molar-refractivity contribution in [2.75, 3.05) is 5.84 Å². The maximum absolute atomic E-state index is 5.54. The number of pyridine rings is 1. The number of aromatic nitrogens is 4. The van der Waals surface area contributed by atoms with Crippen molar-refractivity contribution in [3.05, 3.63) is 30.9 Å². The van der Waals surface area contributed by atoms with E-state index in [1.54, 1.807) is 12.4 Å². The summed E-state index contributed by atoms with van der Waals surface area (Å²) in [6.45, 7) is 0. The van der Waals surface area contributed by atoms with Crippen LogP contribution < -0.4 is 5.84 Å². The Morgan fingerprint density at radius 2 is 2.00 bits per heavy atom. The van der Waals surface area contributed by atoms with Gasteiger partial charge < -0.3 is 5.84 Å². The van der Waals surface area contributed by atoms with Gasteiger partial charge in [0.05, 0.1) is 0 Å².